The van der Waals surface area contributed by atoms with Crippen LogP contribution in [-0.4, -0.2) is 44.8 Å². The van der Waals surface area contributed by atoms with E-state index in [1.807, 2.05) is 11.7 Å². The second-order valence-corrected chi connectivity index (χ2v) is 8.28. The number of nitrogens with zero attached hydrogens (tertiary/aromatic N) is 4. The van der Waals surface area contributed by atoms with E-state index in [1.54, 1.807) is 12.7 Å². The summed E-state index contributed by atoms with van der Waals surface area (Å²) in [6, 6.07) is 8.50. The zero-order valence-electron chi connectivity index (χ0n) is 15.3. The molecule has 142 valence electrons. The molecule has 0 amide bonds. The third-order valence-corrected chi connectivity index (χ3v) is 5.95. The van der Waals surface area contributed by atoms with Crippen LogP contribution in [0, 0.1) is 0 Å². The smallest absolute Gasteiger partial charge is 0.191 e. The monoisotopic (exact) mass is 486 g/mol. The molecule has 8 heteroatoms. The summed E-state index contributed by atoms with van der Waals surface area (Å²) in [5.74, 6) is 2.12. The van der Waals surface area contributed by atoms with E-state index in [0.717, 1.165) is 25.6 Å². The molecule has 1 unspecified atom stereocenters. The predicted molar refractivity (Wildman–Crippen MR) is 119 cm³/mol. The molecule has 2 aromatic rings. The molecular formula is C18H27IN6S. The third-order valence-electron chi connectivity index (χ3n) is 4.42. The van der Waals surface area contributed by atoms with Gasteiger partial charge in [0.2, 0.25) is 0 Å². The number of aliphatic imine (C=N–C) groups is 1. The van der Waals surface area contributed by atoms with Crippen LogP contribution in [0.4, 0.5) is 0 Å². The lowest BCUT2D eigenvalue weighted by molar-refractivity contribution is 0.584. The van der Waals surface area contributed by atoms with E-state index in [1.165, 1.54) is 29.7 Å². The highest BCUT2D eigenvalue weighted by molar-refractivity contribution is 14.0. The van der Waals surface area contributed by atoms with Crippen LogP contribution in [0.1, 0.15) is 30.9 Å². The number of aromatic nitrogens is 3. The summed E-state index contributed by atoms with van der Waals surface area (Å²) in [5, 5.41) is 11.0. The van der Waals surface area contributed by atoms with Gasteiger partial charge in [0.05, 0.1) is 6.54 Å². The van der Waals surface area contributed by atoms with Crippen molar-refractivity contribution in [3.8, 4) is 0 Å². The second kappa shape index (κ2) is 10.1. The average molecular weight is 486 g/mol. The number of nitrogens with one attached hydrogen (secondary N) is 2. The minimum atomic E-state index is 0. The van der Waals surface area contributed by atoms with Gasteiger partial charge in [-0.2, -0.15) is 16.9 Å². The maximum atomic E-state index is 4.34. The van der Waals surface area contributed by atoms with Crippen molar-refractivity contribution in [1.29, 1.82) is 0 Å². The van der Waals surface area contributed by atoms with Gasteiger partial charge in [0, 0.05) is 24.9 Å². The molecule has 3 rings (SSSR count). The molecule has 1 saturated heterocycles. The van der Waals surface area contributed by atoms with E-state index >= 15 is 0 Å². The maximum Gasteiger partial charge on any atom is 0.191 e. The molecule has 0 aliphatic carbocycles. The summed E-state index contributed by atoms with van der Waals surface area (Å²) in [7, 11) is 1.82. The Morgan fingerprint density at radius 1 is 1.35 bits per heavy atom. The van der Waals surface area contributed by atoms with Crippen molar-refractivity contribution in [3.05, 3.63) is 48.0 Å². The molecule has 0 bridgehead atoms. The van der Waals surface area contributed by atoms with Crippen LogP contribution in [0.5, 0.6) is 0 Å². The Kier molecular flexibility index (Phi) is 8.20. The third kappa shape index (κ3) is 6.15. The Labute approximate surface area is 176 Å². The molecule has 1 atom stereocenters. The van der Waals surface area contributed by atoms with Crippen molar-refractivity contribution < 1.29 is 0 Å². The van der Waals surface area contributed by atoms with Gasteiger partial charge in [-0.1, -0.05) is 24.3 Å². The SMILES string of the molecule is CN=C(NCc1cccc(Cn2cncn2)c1)NCC1(C)CCCS1.I. The van der Waals surface area contributed by atoms with Crippen molar-refractivity contribution in [2.24, 2.45) is 4.99 Å². The molecule has 1 fully saturated rings. The summed E-state index contributed by atoms with van der Waals surface area (Å²) in [6.45, 7) is 4.76. The van der Waals surface area contributed by atoms with Crippen molar-refractivity contribution in [1.82, 2.24) is 25.4 Å². The number of thioether (sulfide) groups is 1. The summed E-state index contributed by atoms with van der Waals surface area (Å²) >= 11 is 2.06. The first-order valence-corrected chi connectivity index (χ1v) is 9.64. The number of hydrogen-bond donors (Lipinski definition) is 2. The van der Waals surface area contributed by atoms with Crippen LogP contribution in [0.25, 0.3) is 0 Å². The molecular weight excluding hydrogens is 459 g/mol. The zero-order chi connectivity index (χ0) is 17.5. The van der Waals surface area contributed by atoms with Crippen molar-refractivity contribution >= 4 is 41.7 Å². The molecule has 1 aromatic heterocycles. The fourth-order valence-corrected chi connectivity index (χ4v) is 4.24. The quantitative estimate of drug-likeness (QED) is 0.374. The van der Waals surface area contributed by atoms with Crippen LogP contribution in [0.3, 0.4) is 0 Å². The molecule has 1 aliphatic heterocycles. The van der Waals surface area contributed by atoms with Crippen molar-refractivity contribution in [3.63, 3.8) is 0 Å². The number of guanidine groups is 1. The lowest BCUT2D eigenvalue weighted by atomic mass is 10.1. The molecule has 0 saturated carbocycles. The summed E-state index contributed by atoms with van der Waals surface area (Å²) in [6.07, 6.45) is 5.88. The minimum Gasteiger partial charge on any atom is -0.355 e. The van der Waals surface area contributed by atoms with Crippen LogP contribution in [-0.2, 0) is 13.1 Å². The maximum absolute atomic E-state index is 4.34. The molecule has 26 heavy (non-hydrogen) atoms. The highest BCUT2D eigenvalue weighted by atomic mass is 127. The fourth-order valence-electron chi connectivity index (χ4n) is 2.99. The van der Waals surface area contributed by atoms with Gasteiger partial charge in [0.15, 0.2) is 5.96 Å². The zero-order valence-corrected chi connectivity index (χ0v) is 18.5. The normalized spacial score (nSPS) is 19.8. The molecule has 2 N–H and O–H groups in total. The van der Waals surface area contributed by atoms with Gasteiger partial charge in [0.25, 0.3) is 0 Å². The molecule has 1 aromatic carbocycles. The van der Waals surface area contributed by atoms with Crippen LogP contribution < -0.4 is 10.6 Å². The van der Waals surface area contributed by atoms with Crippen molar-refractivity contribution in [2.75, 3.05) is 19.3 Å². The molecule has 2 heterocycles. The van der Waals surface area contributed by atoms with Gasteiger partial charge in [0.1, 0.15) is 12.7 Å². The molecule has 0 spiro atoms. The van der Waals surface area contributed by atoms with E-state index in [2.05, 4.69) is 68.7 Å². The van der Waals surface area contributed by atoms with Crippen LogP contribution in [0.2, 0.25) is 0 Å². The van der Waals surface area contributed by atoms with E-state index in [-0.39, 0.29) is 24.0 Å². The first-order valence-electron chi connectivity index (χ1n) is 8.66. The largest absolute Gasteiger partial charge is 0.355 e. The highest BCUT2D eigenvalue weighted by Gasteiger charge is 2.29. The highest BCUT2D eigenvalue weighted by Crippen LogP contribution is 2.36. The Morgan fingerprint density at radius 2 is 2.19 bits per heavy atom. The van der Waals surface area contributed by atoms with Gasteiger partial charge in [-0.15, -0.1) is 24.0 Å². The molecule has 6 nitrogen and oxygen atoms in total. The molecule has 1 aliphatic rings. The lowest BCUT2D eigenvalue weighted by Gasteiger charge is -2.24. The Hall–Kier alpha value is -1.29. The molecule has 0 radical (unpaired) electrons. The van der Waals surface area contributed by atoms with E-state index in [4.69, 9.17) is 0 Å². The van der Waals surface area contributed by atoms with Gasteiger partial charge < -0.3 is 10.6 Å². The Balaban J connectivity index is 0.00000243. The summed E-state index contributed by atoms with van der Waals surface area (Å²) < 4.78 is 2.16. The first-order chi connectivity index (χ1) is 12.2. The topological polar surface area (TPSA) is 67.1 Å². The van der Waals surface area contributed by atoms with Crippen LogP contribution >= 0.6 is 35.7 Å². The number of halogens is 1. The standard InChI is InChI=1S/C18H26N6S.HI/c1-18(7-4-8-25-18)12-22-17(19-2)21-10-15-5-3-6-16(9-15)11-24-14-20-13-23-24;/h3,5-6,9,13-14H,4,7-8,10-12H2,1-2H3,(H2,19,21,22);1H. The average Bonchev–Trinajstić information content (AvgIpc) is 3.28. The van der Waals surface area contributed by atoms with Crippen LogP contribution in [0.15, 0.2) is 41.9 Å². The lowest BCUT2D eigenvalue weighted by Crippen LogP contribution is -2.43. The van der Waals surface area contributed by atoms with E-state index in [9.17, 15) is 0 Å². The van der Waals surface area contributed by atoms with Gasteiger partial charge in [-0.05, 0) is 36.6 Å². The van der Waals surface area contributed by atoms with E-state index in [0.29, 0.717) is 4.75 Å². The first kappa shape index (κ1) is 21.0. The Bertz CT molecular complexity index is 697. The van der Waals surface area contributed by atoms with Gasteiger partial charge in [-0.3, -0.25) is 4.99 Å². The fraction of sp³-hybridized carbons (Fsp3) is 0.500. The minimum absolute atomic E-state index is 0. The van der Waals surface area contributed by atoms with E-state index < -0.39 is 0 Å². The number of hydrogen-bond acceptors (Lipinski definition) is 4. The summed E-state index contributed by atoms with van der Waals surface area (Å²) in [4.78, 5) is 8.33. The van der Waals surface area contributed by atoms with Gasteiger partial charge in [-0.25, -0.2) is 9.67 Å². The number of benzene rings is 1. The van der Waals surface area contributed by atoms with Gasteiger partial charge >= 0.3 is 0 Å². The summed E-state index contributed by atoms with van der Waals surface area (Å²) in [5.41, 5.74) is 2.43. The predicted octanol–water partition coefficient (Wildman–Crippen LogP) is 2.90. The van der Waals surface area contributed by atoms with Crippen molar-refractivity contribution in [2.45, 2.75) is 37.6 Å². The second-order valence-electron chi connectivity index (χ2n) is 6.59. The number of rotatable bonds is 6. The Morgan fingerprint density at radius 3 is 2.88 bits per heavy atom.